The van der Waals surface area contributed by atoms with E-state index in [0.717, 1.165) is 27.8 Å². The summed E-state index contributed by atoms with van der Waals surface area (Å²) in [4.78, 5) is 33.6. The Morgan fingerprint density at radius 1 is 0.957 bits per heavy atom. The fraction of sp³-hybridized carbons (Fsp3) is 0.257. The highest BCUT2D eigenvalue weighted by atomic mass is 19.4. The molecule has 11 heteroatoms. The fourth-order valence-corrected chi connectivity index (χ4v) is 6.08. The Bertz CT molecular complexity index is 1960. The smallest absolute Gasteiger partial charge is 0.417 e. The van der Waals surface area contributed by atoms with Crippen LogP contribution in [0.5, 0.6) is 5.75 Å². The number of carbonyl (C=O) groups is 2. The summed E-state index contributed by atoms with van der Waals surface area (Å²) >= 11 is 0. The van der Waals surface area contributed by atoms with Gasteiger partial charge in [-0.05, 0) is 47.9 Å². The molecule has 3 aromatic carbocycles. The van der Waals surface area contributed by atoms with E-state index >= 15 is 0 Å². The van der Waals surface area contributed by atoms with Crippen LogP contribution in [0.25, 0.3) is 38.5 Å². The zero-order chi connectivity index (χ0) is 32.4. The van der Waals surface area contributed by atoms with Crippen LogP contribution in [0.2, 0.25) is 0 Å². The zero-order valence-corrected chi connectivity index (χ0v) is 25.5. The first kappa shape index (κ1) is 31.0. The number of anilines is 1. The summed E-state index contributed by atoms with van der Waals surface area (Å²) in [6.45, 7) is 2.47. The van der Waals surface area contributed by atoms with Gasteiger partial charge >= 0.3 is 6.18 Å². The molecule has 0 unspecified atom stereocenters. The molecule has 0 saturated heterocycles. The predicted molar refractivity (Wildman–Crippen MR) is 173 cm³/mol. The van der Waals surface area contributed by atoms with Gasteiger partial charge in [0.1, 0.15) is 5.75 Å². The lowest BCUT2D eigenvalue weighted by Gasteiger charge is -2.26. The molecule has 0 atom stereocenters. The summed E-state index contributed by atoms with van der Waals surface area (Å²) in [6.07, 6.45) is 1.66. The molecule has 3 heterocycles. The van der Waals surface area contributed by atoms with Crippen molar-refractivity contribution in [2.45, 2.75) is 32.5 Å². The number of hydrogen-bond acceptors (Lipinski definition) is 4. The predicted octanol–water partition coefficient (Wildman–Crippen LogP) is 7.10. The molecular formula is C35H34F3N5O3. The number of hydrogen-bond donors (Lipinski definition) is 4. The van der Waals surface area contributed by atoms with E-state index in [1.165, 1.54) is 18.3 Å². The number of carbonyl (C=O) groups excluding carboxylic acids is 2. The molecule has 8 nitrogen and oxygen atoms in total. The molecule has 0 fully saturated rings. The number of methoxy groups -OCH3 is 1. The van der Waals surface area contributed by atoms with Crippen LogP contribution in [-0.2, 0) is 22.3 Å². The van der Waals surface area contributed by atoms with E-state index in [1.54, 1.807) is 38.3 Å². The molecule has 1 aliphatic rings. The number of benzene rings is 3. The third-order valence-corrected chi connectivity index (χ3v) is 8.40. The summed E-state index contributed by atoms with van der Waals surface area (Å²) in [6, 6.07) is 15.7. The van der Waals surface area contributed by atoms with Crippen LogP contribution in [0, 0.1) is 0 Å². The Hall–Kier alpha value is -5.03. The second kappa shape index (κ2) is 12.8. The summed E-state index contributed by atoms with van der Waals surface area (Å²) < 4.78 is 49.9. The first-order chi connectivity index (χ1) is 22.2. The molecule has 0 spiro atoms. The van der Waals surface area contributed by atoms with Gasteiger partial charge in [-0.3, -0.25) is 14.5 Å². The van der Waals surface area contributed by atoms with Crippen LogP contribution in [0.15, 0.2) is 73.1 Å². The lowest BCUT2D eigenvalue weighted by molar-refractivity contribution is -0.138. The molecule has 0 bridgehead atoms. The lowest BCUT2D eigenvalue weighted by atomic mass is 9.92. The van der Waals surface area contributed by atoms with E-state index in [2.05, 4.69) is 26.7 Å². The van der Waals surface area contributed by atoms with Crippen LogP contribution in [0.4, 0.5) is 18.9 Å². The maximum Gasteiger partial charge on any atom is 0.417 e. The summed E-state index contributed by atoms with van der Waals surface area (Å²) in [5, 5.41) is 6.98. The zero-order valence-electron chi connectivity index (χ0n) is 25.5. The molecular weight excluding hydrogens is 595 g/mol. The number of nitrogens with zero attached hydrogens (tertiary/aromatic N) is 1. The van der Waals surface area contributed by atoms with E-state index in [9.17, 15) is 22.8 Å². The molecule has 0 radical (unpaired) electrons. The molecule has 238 valence electrons. The summed E-state index contributed by atoms with van der Waals surface area (Å²) in [5.74, 6) is -0.0141. The molecule has 5 aromatic rings. The van der Waals surface area contributed by atoms with Crippen molar-refractivity contribution in [2.75, 3.05) is 32.1 Å². The Labute approximate surface area is 263 Å². The van der Waals surface area contributed by atoms with Gasteiger partial charge < -0.3 is 25.3 Å². The number of halogens is 3. The molecule has 2 amide bonds. The van der Waals surface area contributed by atoms with Crippen LogP contribution < -0.4 is 15.4 Å². The standard InChI is InChI=1S/C35H34F3N5O3/c1-3-31(44)41-17-22-8-10-30(33(34(22)35(36,37)38)27-19-40-28-7-5-4-6-24(27)28)42-32(45)20-43-14-12-21(13-15-43)26-18-39-29-11-9-23(46-2)16-25(26)29/h4-12,16,18-19,39-40H,3,13-15,17,20H2,1-2H3,(H,41,44)(H,42,45). The van der Waals surface area contributed by atoms with Gasteiger partial charge in [-0.1, -0.05) is 37.3 Å². The number of aromatic nitrogens is 2. The molecule has 0 saturated carbocycles. The highest BCUT2D eigenvalue weighted by molar-refractivity contribution is 6.04. The number of para-hydroxylation sites is 1. The first-order valence-electron chi connectivity index (χ1n) is 15.1. The topological polar surface area (TPSA) is 102 Å². The number of ether oxygens (including phenoxy) is 1. The number of rotatable bonds is 9. The fourth-order valence-electron chi connectivity index (χ4n) is 6.08. The average molecular weight is 630 g/mol. The van der Waals surface area contributed by atoms with E-state index in [-0.39, 0.29) is 42.2 Å². The van der Waals surface area contributed by atoms with Gasteiger partial charge in [0.25, 0.3) is 0 Å². The van der Waals surface area contributed by atoms with Gasteiger partial charge in [0.2, 0.25) is 11.8 Å². The second-order valence-corrected chi connectivity index (χ2v) is 11.3. The lowest BCUT2D eigenvalue weighted by Crippen LogP contribution is -2.36. The Balaban J connectivity index is 1.27. The minimum absolute atomic E-state index is 0.00840. The van der Waals surface area contributed by atoms with Crippen molar-refractivity contribution in [3.63, 3.8) is 0 Å². The van der Waals surface area contributed by atoms with Crippen molar-refractivity contribution < 1.29 is 27.5 Å². The molecule has 2 aromatic heterocycles. The maximum atomic E-state index is 14.8. The molecule has 1 aliphatic heterocycles. The highest BCUT2D eigenvalue weighted by Crippen LogP contribution is 2.45. The average Bonchev–Trinajstić information content (AvgIpc) is 3.67. The molecule has 4 N–H and O–H groups in total. The van der Waals surface area contributed by atoms with Crippen LogP contribution in [0.1, 0.15) is 36.5 Å². The highest BCUT2D eigenvalue weighted by Gasteiger charge is 2.38. The summed E-state index contributed by atoms with van der Waals surface area (Å²) in [5.41, 5.74) is 3.13. The number of H-pyrrole nitrogens is 2. The van der Waals surface area contributed by atoms with Crippen molar-refractivity contribution in [1.82, 2.24) is 20.2 Å². The van der Waals surface area contributed by atoms with Crippen molar-refractivity contribution in [2.24, 2.45) is 0 Å². The minimum atomic E-state index is -4.76. The van der Waals surface area contributed by atoms with Gasteiger partial charge in [0.15, 0.2) is 0 Å². The summed E-state index contributed by atoms with van der Waals surface area (Å²) in [7, 11) is 1.63. The Morgan fingerprint density at radius 2 is 1.72 bits per heavy atom. The second-order valence-electron chi connectivity index (χ2n) is 11.3. The quantitative estimate of drug-likeness (QED) is 0.140. The van der Waals surface area contributed by atoms with Crippen molar-refractivity contribution >= 4 is 44.9 Å². The largest absolute Gasteiger partial charge is 0.497 e. The van der Waals surface area contributed by atoms with E-state index in [1.807, 2.05) is 29.3 Å². The third-order valence-electron chi connectivity index (χ3n) is 8.40. The number of alkyl halides is 3. The van der Waals surface area contributed by atoms with Gasteiger partial charge in [0, 0.05) is 82.6 Å². The van der Waals surface area contributed by atoms with Gasteiger partial charge in [-0.2, -0.15) is 13.2 Å². The Kier molecular flexibility index (Phi) is 8.59. The number of fused-ring (bicyclic) bond motifs is 2. The van der Waals surface area contributed by atoms with E-state index < -0.39 is 17.6 Å². The monoisotopic (exact) mass is 629 g/mol. The van der Waals surface area contributed by atoms with Crippen LogP contribution in [-0.4, -0.2) is 53.4 Å². The van der Waals surface area contributed by atoms with Gasteiger partial charge in [0.05, 0.1) is 19.2 Å². The third kappa shape index (κ3) is 6.23. The minimum Gasteiger partial charge on any atom is -0.497 e. The molecule has 6 rings (SSSR count). The molecule has 46 heavy (non-hydrogen) atoms. The number of amides is 2. The Morgan fingerprint density at radius 3 is 2.43 bits per heavy atom. The van der Waals surface area contributed by atoms with E-state index in [4.69, 9.17) is 4.74 Å². The van der Waals surface area contributed by atoms with Gasteiger partial charge in [-0.25, -0.2) is 0 Å². The van der Waals surface area contributed by atoms with Crippen molar-refractivity contribution in [3.05, 3.63) is 89.8 Å². The molecule has 0 aliphatic carbocycles. The first-order valence-corrected chi connectivity index (χ1v) is 15.1. The maximum absolute atomic E-state index is 14.8. The van der Waals surface area contributed by atoms with Gasteiger partial charge in [-0.15, -0.1) is 0 Å². The van der Waals surface area contributed by atoms with E-state index in [0.29, 0.717) is 36.0 Å². The number of nitrogens with one attached hydrogen (secondary N) is 4. The van der Waals surface area contributed by atoms with Crippen molar-refractivity contribution in [1.29, 1.82) is 0 Å². The van der Waals surface area contributed by atoms with Crippen LogP contribution in [0.3, 0.4) is 0 Å². The SMILES string of the molecule is CCC(=O)NCc1ccc(NC(=O)CN2CC=C(c3c[nH]c4ccc(OC)cc34)CC2)c(-c2c[nH]c3ccccc23)c1C(F)(F)F. The normalized spacial score (nSPS) is 14.0. The van der Waals surface area contributed by atoms with Crippen LogP contribution >= 0.6 is 0 Å². The number of aromatic amines is 2. The van der Waals surface area contributed by atoms with Crippen molar-refractivity contribution in [3.8, 4) is 16.9 Å².